The fourth-order valence-electron chi connectivity index (χ4n) is 1.06. The second-order valence-electron chi connectivity index (χ2n) is 2.82. The maximum Gasteiger partial charge on any atom is 0.337 e. The highest BCUT2D eigenvalue weighted by Crippen LogP contribution is 2.22. The minimum Gasteiger partial charge on any atom is -0.489 e. The van der Waals surface area contributed by atoms with Crippen LogP contribution in [0.1, 0.15) is 10.4 Å². The van der Waals surface area contributed by atoms with Crippen molar-refractivity contribution in [2.24, 2.45) is 0 Å². The minimum atomic E-state index is -0.455. The van der Waals surface area contributed by atoms with Crippen molar-refractivity contribution in [2.75, 3.05) is 26.1 Å². The first-order chi connectivity index (χ1) is 7.19. The zero-order valence-corrected chi connectivity index (χ0v) is 9.62. The van der Waals surface area contributed by atoms with E-state index < -0.39 is 5.97 Å². The molecule has 0 aliphatic heterocycles. The number of rotatable bonds is 4. The highest BCUT2D eigenvalue weighted by molar-refractivity contribution is 5.90. The molecule has 1 aromatic carbocycles. The number of nitrogens with two attached hydrogens (primary N) is 1. The molecule has 0 bridgehead atoms. The lowest BCUT2D eigenvalue weighted by atomic mass is 10.2. The van der Waals surface area contributed by atoms with Crippen molar-refractivity contribution < 1.29 is 19.4 Å². The van der Waals surface area contributed by atoms with E-state index in [0.29, 0.717) is 17.0 Å². The van der Waals surface area contributed by atoms with Gasteiger partial charge in [-0.05, 0) is 18.2 Å². The molecule has 0 radical (unpaired) electrons. The number of esters is 1. The summed E-state index contributed by atoms with van der Waals surface area (Å²) in [4.78, 5) is 11.2. The van der Waals surface area contributed by atoms with Gasteiger partial charge in [0, 0.05) is 0 Å². The first kappa shape index (κ1) is 14.5. The Balaban J connectivity index is 0.00000225. The fourth-order valence-corrected chi connectivity index (χ4v) is 1.06. The van der Waals surface area contributed by atoms with E-state index in [1.54, 1.807) is 12.1 Å². The molecule has 0 unspecified atom stereocenters. The number of carbonyl (C=O) groups is 1. The summed E-state index contributed by atoms with van der Waals surface area (Å²) in [7, 11) is 1.30. The number of hydrogen-bond acceptors (Lipinski definition) is 5. The average Bonchev–Trinajstić information content (AvgIpc) is 2.27. The Morgan fingerprint density at radius 3 is 2.75 bits per heavy atom. The standard InChI is InChI=1S/C10H13NO4.ClH/c1-14-10(13)7-2-3-8(11)9(6-7)15-5-4-12;/h2-3,6,12H,4-5,11H2,1H3;1H. The van der Waals surface area contributed by atoms with Crippen LogP contribution in [0.25, 0.3) is 0 Å². The van der Waals surface area contributed by atoms with Crippen LogP contribution in [0.2, 0.25) is 0 Å². The van der Waals surface area contributed by atoms with Crippen molar-refractivity contribution in [3.8, 4) is 5.75 Å². The summed E-state index contributed by atoms with van der Waals surface area (Å²) >= 11 is 0. The van der Waals surface area contributed by atoms with Gasteiger partial charge >= 0.3 is 5.97 Å². The number of halogens is 1. The summed E-state index contributed by atoms with van der Waals surface area (Å²) in [6.45, 7) is 0.0245. The number of anilines is 1. The first-order valence-corrected chi connectivity index (χ1v) is 4.40. The van der Waals surface area contributed by atoms with Gasteiger partial charge in [0.1, 0.15) is 12.4 Å². The molecular formula is C10H14ClNO4. The number of hydrogen-bond donors (Lipinski definition) is 2. The second kappa shape index (κ2) is 6.92. The predicted molar refractivity (Wildman–Crippen MR) is 62.0 cm³/mol. The number of ether oxygens (including phenoxy) is 2. The van der Waals surface area contributed by atoms with E-state index in [1.165, 1.54) is 13.2 Å². The fraction of sp³-hybridized carbons (Fsp3) is 0.300. The molecule has 0 heterocycles. The van der Waals surface area contributed by atoms with Gasteiger partial charge in [0.2, 0.25) is 0 Å². The highest BCUT2D eigenvalue weighted by Gasteiger charge is 2.08. The lowest BCUT2D eigenvalue weighted by Gasteiger charge is -2.08. The monoisotopic (exact) mass is 247 g/mol. The van der Waals surface area contributed by atoms with Crippen LogP contribution in [0.5, 0.6) is 5.75 Å². The van der Waals surface area contributed by atoms with Gasteiger partial charge in [-0.3, -0.25) is 0 Å². The third kappa shape index (κ3) is 3.60. The van der Waals surface area contributed by atoms with E-state index in [4.69, 9.17) is 15.6 Å². The zero-order valence-electron chi connectivity index (χ0n) is 8.80. The zero-order chi connectivity index (χ0) is 11.3. The van der Waals surface area contributed by atoms with Gasteiger partial charge in [0.25, 0.3) is 0 Å². The van der Waals surface area contributed by atoms with Crippen molar-refractivity contribution in [3.63, 3.8) is 0 Å². The Morgan fingerprint density at radius 1 is 1.50 bits per heavy atom. The smallest absolute Gasteiger partial charge is 0.337 e. The number of aliphatic hydroxyl groups is 1. The highest BCUT2D eigenvalue weighted by atomic mass is 35.5. The van der Waals surface area contributed by atoms with Crippen molar-refractivity contribution in [1.29, 1.82) is 0 Å². The van der Waals surface area contributed by atoms with Crippen LogP contribution in [0, 0.1) is 0 Å². The summed E-state index contributed by atoms with van der Waals surface area (Å²) < 4.78 is 9.69. The Labute approximate surface area is 99.6 Å². The van der Waals surface area contributed by atoms with Crippen LogP contribution < -0.4 is 10.5 Å². The molecule has 0 fully saturated rings. The van der Waals surface area contributed by atoms with Gasteiger partial charge in [-0.25, -0.2) is 4.79 Å². The van der Waals surface area contributed by atoms with E-state index in [-0.39, 0.29) is 25.6 Å². The molecular weight excluding hydrogens is 234 g/mol. The molecule has 0 aromatic heterocycles. The molecule has 0 aliphatic rings. The van der Waals surface area contributed by atoms with E-state index in [2.05, 4.69) is 4.74 Å². The topological polar surface area (TPSA) is 81.8 Å². The SMILES string of the molecule is COC(=O)c1ccc(N)c(OCCO)c1.Cl. The van der Waals surface area contributed by atoms with Crippen molar-refractivity contribution in [2.45, 2.75) is 0 Å². The largest absolute Gasteiger partial charge is 0.489 e. The van der Waals surface area contributed by atoms with Gasteiger partial charge in [0.15, 0.2) is 0 Å². The number of aliphatic hydroxyl groups excluding tert-OH is 1. The first-order valence-electron chi connectivity index (χ1n) is 4.40. The molecule has 0 spiro atoms. The number of benzene rings is 1. The van der Waals surface area contributed by atoms with Gasteiger partial charge in [-0.1, -0.05) is 0 Å². The quantitative estimate of drug-likeness (QED) is 0.609. The van der Waals surface area contributed by atoms with Crippen LogP contribution in [-0.4, -0.2) is 31.4 Å². The van der Waals surface area contributed by atoms with Gasteiger partial charge < -0.3 is 20.3 Å². The summed E-state index contributed by atoms with van der Waals surface area (Å²) in [5.74, 6) is -0.0872. The number of carbonyl (C=O) groups excluding carboxylic acids is 1. The summed E-state index contributed by atoms with van der Waals surface area (Å²) in [6, 6.07) is 4.59. The molecule has 90 valence electrons. The van der Waals surface area contributed by atoms with E-state index in [9.17, 15) is 4.79 Å². The molecule has 3 N–H and O–H groups in total. The Morgan fingerprint density at radius 2 is 2.19 bits per heavy atom. The van der Waals surface area contributed by atoms with Gasteiger partial charge in [0.05, 0.1) is 25.0 Å². The van der Waals surface area contributed by atoms with Crippen molar-refractivity contribution in [3.05, 3.63) is 23.8 Å². The van der Waals surface area contributed by atoms with E-state index in [0.717, 1.165) is 0 Å². The molecule has 5 nitrogen and oxygen atoms in total. The third-order valence-corrected chi connectivity index (χ3v) is 1.78. The number of nitrogen functional groups attached to an aromatic ring is 1. The maximum atomic E-state index is 11.2. The average molecular weight is 248 g/mol. The molecule has 0 saturated heterocycles. The van der Waals surface area contributed by atoms with E-state index in [1.807, 2.05) is 0 Å². The van der Waals surface area contributed by atoms with Crippen LogP contribution in [0.3, 0.4) is 0 Å². The molecule has 1 aromatic rings. The summed E-state index contributed by atoms with van der Waals surface area (Å²) in [6.07, 6.45) is 0. The van der Waals surface area contributed by atoms with E-state index >= 15 is 0 Å². The molecule has 0 atom stereocenters. The van der Waals surface area contributed by atoms with Crippen molar-refractivity contribution in [1.82, 2.24) is 0 Å². The molecule has 6 heteroatoms. The third-order valence-electron chi connectivity index (χ3n) is 1.78. The van der Waals surface area contributed by atoms with Crippen LogP contribution in [-0.2, 0) is 4.74 Å². The summed E-state index contributed by atoms with van der Waals surface area (Å²) in [5.41, 5.74) is 6.39. The minimum absolute atomic E-state index is 0. The number of methoxy groups -OCH3 is 1. The maximum absolute atomic E-state index is 11.2. The predicted octanol–water partition coefficient (Wildman–Crippen LogP) is 0.848. The van der Waals surface area contributed by atoms with Crippen molar-refractivity contribution >= 4 is 24.1 Å². The lowest BCUT2D eigenvalue weighted by Crippen LogP contribution is -2.06. The Kier molecular flexibility index (Phi) is 6.29. The second-order valence-corrected chi connectivity index (χ2v) is 2.82. The Hall–Kier alpha value is -1.46. The Bertz CT molecular complexity index is 357. The molecule has 0 amide bonds. The van der Waals surface area contributed by atoms with Crippen LogP contribution in [0.4, 0.5) is 5.69 Å². The van der Waals surface area contributed by atoms with Gasteiger partial charge in [-0.15, -0.1) is 12.4 Å². The van der Waals surface area contributed by atoms with Crippen LogP contribution >= 0.6 is 12.4 Å². The summed E-state index contributed by atoms with van der Waals surface area (Å²) in [5, 5.41) is 8.59. The molecule has 0 aliphatic carbocycles. The van der Waals surface area contributed by atoms with Crippen LogP contribution in [0.15, 0.2) is 18.2 Å². The normalized spacial score (nSPS) is 9.12. The molecule has 1 rings (SSSR count). The van der Waals surface area contributed by atoms with Gasteiger partial charge in [-0.2, -0.15) is 0 Å². The lowest BCUT2D eigenvalue weighted by molar-refractivity contribution is 0.0600. The molecule has 0 saturated carbocycles. The molecule has 16 heavy (non-hydrogen) atoms.